The summed E-state index contributed by atoms with van der Waals surface area (Å²) < 4.78 is 68.6. The van der Waals surface area contributed by atoms with E-state index in [0.29, 0.717) is 25.7 Å². The highest BCUT2D eigenvalue weighted by Crippen LogP contribution is 2.45. The van der Waals surface area contributed by atoms with Gasteiger partial charge in [0.05, 0.1) is 26.4 Å². The van der Waals surface area contributed by atoms with Crippen molar-refractivity contribution in [3.05, 3.63) is 0 Å². The molecule has 0 radical (unpaired) electrons. The van der Waals surface area contributed by atoms with Gasteiger partial charge in [-0.1, -0.05) is 350 Å². The number of carbonyl (C=O) groups excluding carboxylic acids is 4. The van der Waals surface area contributed by atoms with Crippen LogP contribution in [-0.4, -0.2) is 96.7 Å². The minimum Gasteiger partial charge on any atom is -0.462 e. The lowest BCUT2D eigenvalue weighted by Gasteiger charge is -2.21. The number of unbranched alkanes of at least 4 members (excludes halogenated alkanes) is 44. The summed E-state index contributed by atoms with van der Waals surface area (Å²) in [5, 5.41) is 10.6. The number of aliphatic hydroxyl groups is 1. The van der Waals surface area contributed by atoms with Crippen molar-refractivity contribution in [3.63, 3.8) is 0 Å². The number of phosphoric acid groups is 2. The van der Waals surface area contributed by atoms with Gasteiger partial charge in [-0.15, -0.1) is 0 Å². The van der Waals surface area contributed by atoms with Gasteiger partial charge in [0.2, 0.25) is 0 Å². The van der Waals surface area contributed by atoms with Crippen LogP contribution in [0.3, 0.4) is 0 Å². The second-order valence-corrected chi connectivity index (χ2v) is 31.1. The van der Waals surface area contributed by atoms with Gasteiger partial charge in [0, 0.05) is 25.7 Å². The van der Waals surface area contributed by atoms with Crippen LogP contribution in [0.2, 0.25) is 0 Å². The standard InChI is InChI=1S/C77H150O17P2/c1-7-11-13-15-17-19-21-23-25-26-28-30-36-44-50-56-62-77(82)93-72(65-87-74(79)59-53-47-41-34-32-31-33-39-45-51-57-69(5)9-3)67-91-95(83,84)89-63-71(78)64-90-96(85,86)92-68-73(66-88-75(80)60-54-48-42-38-37-40-46-52-58-70(6)10-4)94-76(81)61-55-49-43-35-29-27-24-22-20-18-16-14-12-8-2/h69-73,78H,7-68H2,1-6H3,(H,83,84)(H,85,86)/t69?,70?,71-,72-,73-/m1/s1. The van der Waals surface area contributed by atoms with Crippen LogP contribution in [0.1, 0.15) is 401 Å². The van der Waals surface area contributed by atoms with Crippen molar-refractivity contribution in [2.45, 2.75) is 419 Å². The minimum atomic E-state index is -4.96. The van der Waals surface area contributed by atoms with E-state index in [-0.39, 0.29) is 25.7 Å². The van der Waals surface area contributed by atoms with Crippen LogP contribution in [0, 0.1) is 11.8 Å². The van der Waals surface area contributed by atoms with Crippen LogP contribution in [0.25, 0.3) is 0 Å². The fourth-order valence-corrected chi connectivity index (χ4v) is 13.3. The molecule has 0 aliphatic rings. The van der Waals surface area contributed by atoms with Crippen LogP contribution in [0.4, 0.5) is 0 Å². The average Bonchev–Trinajstić information content (AvgIpc) is 1.99. The lowest BCUT2D eigenvalue weighted by atomic mass is 9.99. The van der Waals surface area contributed by atoms with E-state index < -0.39 is 97.5 Å². The number of ether oxygens (including phenoxy) is 4. The Balaban J connectivity index is 5.28. The Labute approximate surface area is 588 Å². The molecular formula is C77H150O17P2. The predicted octanol–water partition coefficient (Wildman–Crippen LogP) is 22.7. The largest absolute Gasteiger partial charge is 0.472 e. The summed E-state index contributed by atoms with van der Waals surface area (Å²) in [6.07, 6.45) is 56.6. The van der Waals surface area contributed by atoms with E-state index in [4.69, 9.17) is 37.0 Å². The van der Waals surface area contributed by atoms with Gasteiger partial charge < -0.3 is 33.8 Å². The van der Waals surface area contributed by atoms with Gasteiger partial charge in [-0.3, -0.25) is 37.3 Å². The number of carbonyl (C=O) groups is 4. The molecule has 0 rings (SSSR count). The van der Waals surface area contributed by atoms with E-state index in [9.17, 15) is 43.2 Å². The maximum atomic E-state index is 13.1. The third kappa shape index (κ3) is 67.9. The smallest absolute Gasteiger partial charge is 0.462 e. The molecular weight excluding hydrogens is 1260 g/mol. The van der Waals surface area contributed by atoms with Crippen LogP contribution >= 0.6 is 15.6 Å². The molecule has 3 N–H and O–H groups in total. The van der Waals surface area contributed by atoms with E-state index in [2.05, 4.69) is 41.5 Å². The molecule has 0 amide bonds. The number of rotatable bonds is 76. The molecule has 0 aliphatic heterocycles. The molecule has 4 unspecified atom stereocenters. The number of phosphoric ester groups is 2. The first-order valence-corrected chi connectivity index (χ1v) is 43.1. The van der Waals surface area contributed by atoms with Crippen molar-refractivity contribution in [3.8, 4) is 0 Å². The summed E-state index contributed by atoms with van der Waals surface area (Å²) in [6.45, 7) is 9.65. The Morgan fingerprint density at radius 2 is 0.500 bits per heavy atom. The Hall–Kier alpha value is -1.94. The van der Waals surface area contributed by atoms with E-state index in [1.54, 1.807) is 0 Å². The molecule has 19 heteroatoms. The summed E-state index contributed by atoms with van der Waals surface area (Å²) in [5.41, 5.74) is 0. The first-order chi connectivity index (χ1) is 46.4. The highest BCUT2D eigenvalue weighted by Gasteiger charge is 2.30. The Morgan fingerprint density at radius 3 is 0.740 bits per heavy atom. The van der Waals surface area contributed by atoms with E-state index >= 15 is 0 Å². The van der Waals surface area contributed by atoms with Gasteiger partial charge in [0.25, 0.3) is 0 Å². The molecule has 0 fully saturated rings. The third-order valence-electron chi connectivity index (χ3n) is 18.7. The minimum absolute atomic E-state index is 0.108. The highest BCUT2D eigenvalue weighted by molar-refractivity contribution is 7.47. The van der Waals surface area contributed by atoms with Crippen LogP contribution in [0.5, 0.6) is 0 Å². The molecule has 17 nitrogen and oxygen atoms in total. The van der Waals surface area contributed by atoms with Gasteiger partial charge in [0.15, 0.2) is 12.2 Å². The molecule has 570 valence electrons. The van der Waals surface area contributed by atoms with Gasteiger partial charge >= 0.3 is 39.5 Å². The lowest BCUT2D eigenvalue weighted by Crippen LogP contribution is -2.30. The molecule has 0 saturated carbocycles. The predicted molar refractivity (Wildman–Crippen MR) is 391 cm³/mol. The zero-order chi connectivity index (χ0) is 70.7. The monoisotopic (exact) mass is 1410 g/mol. The Kier molecular flexibility index (Phi) is 67.4. The summed E-state index contributed by atoms with van der Waals surface area (Å²) in [5.74, 6) is -0.524. The molecule has 0 heterocycles. The molecule has 0 bridgehead atoms. The number of esters is 4. The summed E-state index contributed by atoms with van der Waals surface area (Å²) >= 11 is 0. The molecule has 0 aliphatic carbocycles. The van der Waals surface area contributed by atoms with Crippen molar-refractivity contribution in [2.24, 2.45) is 11.8 Å². The topological polar surface area (TPSA) is 237 Å². The van der Waals surface area contributed by atoms with Gasteiger partial charge in [0.1, 0.15) is 19.3 Å². The zero-order valence-electron chi connectivity index (χ0n) is 62.7. The van der Waals surface area contributed by atoms with Crippen molar-refractivity contribution in [1.82, 2.24) is 0 Å². The van der Waals surface area contributed by atoms with Crippen molar-refractivity contribution in [2.75, 3.05) is 39.6 Å². The maximum absolute atomic E-state index is 13.1. The van der Waals surface area contributed by atoms with Crippen LogP contribution in [0.15, 0.2) is 0 Å². The molecule has 96 heavy (non-hydrogen) atoms. The number of hydrogen-bond donors (Lipinski definition) is 3. The molecule has 0 saturated heterocycles. The van der Waals surface area contributed by atoms with E-state index in [0.717, 1.165) is 102 Å². The summed E-state index contributed by atoms with van der Waals surface area (Å²) in [7, 11) is -9.91. The van der Waals surface area contributed by atoms with Gasteiger partial charge in [-0.25, -0.2) is 9.13 Å². The number of hydrogen-bond acceptors (Lipinski definition) is 15. The second-order valence-electron chi connectivity index (χ2n) is 28.2. The quantitative estimate of drug-likeness (QED) is 0.0222. The second kappa shape index (κ2) is 68.8. The summed E-state index contributed by atoms with van der Waals surface area (Å²) in [4.78, 5) is 72.9. The highest BCUT2D eigenvalue weighted by atomic mass is 31.2. The van der Waals surface area contributed by atoms with E-state index in [1.807, 2.05) is 0 Å². The lowest BCUT2D eigenvalue weighted by molar-refractivity contribution is -0.161. The van der Waals surface area contributed by atoms with E-state index in [1.165, 1.54) is 218 Å². The van der Waals surface area contributed by atoms with Gasteiger partial charge in [-0.05, 0) is 37.5 Å². The van der Waals surface area contributed by atoms with Crippen molar-refractivity contribution < 1.29 is 80.2 Å². The van der Waals surface area contributed by atoms with Crippen LogP contribution < -0.4 is 0 Å². The summed E-state index contributed by atoms with van der Waals surface area (Å²) in [6, 6.07) is 0. The molecule has 0 aromatic heterocycles. The first-order valence-electron chi connectivity index (χ1n) is 40.1. The van der Waals surface area contributed by atoms with Gasteiger partial charge in [-0.2, -0.15) is 0 Å². The average molecular weight is 1410 g/mol. The molecule has 7 atom stereocenters. The number of aliphatic hydroxyl groups excluding tert-OH is 1. The normalized spacial score (nSPS) is 14.6. The maximum Gasteiger partial charge on any atom is 0.472 e. The molecule has 0 aromatic rings. The van der Waals surface area contributed by atoms with Crippen molar-refractivity contribution in [1.29, 1.82) is 0 Å². The Morgan fingerprint density at radius 1 is 0.292 bits per heavy atom. The van der Waals surface area contributed by atoms with Crippen LogP contribution in [-0.2, 0) is 65.4 Å². The Bertz CT molecular complexity index is 1860. The fraction of sp³-hybridized carbons (Fsp3) is 0.948. The third-order valence-corrected chi connectivity index (χ3v) is 20.6. The SMILES string of the molecule is CCCCCCCCCCCCCCCCCCC(=O)O[C@H](COC(=O)CCCCCCCCCCCCC(C)CC)COP(=O)(O)OC[C@@H](O)COP(=O)(O)OC[C@@H](COC(=O)CCCCCCCCCCC(C)CC)OC(=O)CCCCCCCCCCCCCCCC. The van der Waals surface area contributed by atoms with Crippen molar-refractivity contribution >= 4 is 39.5 Å². The zero-order valence-corrected chi connectivity index (χ0v) is 64.5. The molecule has 0 aromatic carbocycles. The fourth-order valence-electron chi connectivity index (χ4n) is 11.8. The molecule has 0 spiro atoms. The first kappa shape index (κ1) is 94.1.